The van der Waals surface area contributed by atoms with E-state index in [2.05, 4.69) is 45.2 Å². The Morgan fingerprint density at radius 1 is 0.909 bits per heavy atom. The summed E-state index contributed by atoms with van der Waals surface area (Å²) in [6, 6.07) is 1.20. The van der Waals surface area contributed by atoms with Crippen molar-refractivity contribution in [3.8, 4) is 0 Å². The maximum atomic E-state index is 3.58. The second-order valence-corrected chi connectivity index (χ2v) is 4.09. The number of hydrogen-bond donors (Lipinski definition) is 1. The lowest BCUT2D eigenvalue weighted by Gasteiger charge is -2.19. The van der Waals surface area contributed by atoms with Crippen LogP contribution in [0.2, 0.25) is 0 Å². The van der Waals surface area contributed by atoms with E-state index in [1.54, 1.807) is 0 Å². The van der Waals surface area contributed by atoms with Gasteiger partial charge in [-0.25, -0.2) is 0 Å². The molecule has 0 aromatic rings. The first-order valence-electron chi connectivity index (χ1n) is 4.55. The molecule has 0 saturated heterocycles. The van der Waals surface area contributed by atoms with Gasteiger partial charge in [0.2, 0.25) is 0 Å². The minimum absolute atomic E-state index is 0.599. The van der Waals surface area contributed by atoms with Crippen molar-refractivity contribution in [2.24, 2.45) is 11.8 Å². The molecular weight excluding hydrogens is 134 g/mol. The summed E-state index contributed by atoms with van der Waals surface area (Å²) in [4.78, 5) is 0. The molecule has 1 rings (SSSR count). The van der Waals surface area contributed by atoms with Crippen LogP contribution in [0.4, 0.5) is 0 Å². The molecule has 0 aromatic carbocycles. The molecule has 2 unspecified atom stereocenters. The predicted octanol–water partition coefficient (Wildman–Crippen LogP) is 2.19. The Balaban J connectivity index is 2.43. The third kappa shape index (κ3) is 2.06. The van der Waals surface area contributed by atoms with Crippen molar-refractivity contribution >= 4 is 0 Å². The van der Waals surface area contributed by atoms with Gasteiger partial charge in [-0.05, 0) is 11.8 Å². The molecule has 0 amide bonds. The molecule has 1 aliphatic rings. The van der Waals surface area contributed by atoms with Gasteiger partial charge in [-0.15, -0.1) is 0 Å². The van der Waals surface area contributed by atoms with Crippen LogP contribution in [-0.4, -0.2) is 12.1 Å². The monoisotopic (exact) mass is 153 g/mol. The Labute approximate surface area is 69.9 Å². The molecule has 1 nitrogen and oxygen atoms in total. The molecule has 0 radical (unpaired) electrons. The van der Waals surface area contributed by atoms with E-state index in [1.165, 1.54) is 0 Å². The number of hydrogen-bond acceptors (Lipinski definition) is 1. The van der Waals surface area contributed by atoms with Crippen molar-refractivity contribution < 1.29 is 0 Å². The minimum atomic E-state index is 0.599. The van der Waals surface area contributed by atoms with Gasteiger partial charge in [-0.3, -0.25) is 0 Å². The highest BCUT2D eigenvalue weighted by Crippen LogP contribution is 2.15. The van der Waals surface area contributed by atoms with E-state index in [-0.39, 0.29) is 0 Å². The summed E-state index contributed by atoms with van der Waals surface area (Å²) in [5, 5.41) is 3.58. The van der Waals surface area contributed by atoms with Gasteiger partial charge in [0, 0.05) is 12.1 Å². The molecule has 1 N–H and O–H groups in total. The van der Waals surface area contributed by atoms with E-state index >= 15 is 0 Å². The standard InChI is InChI=1S/C10H19N/c1-7(2)9-5-6-10(11-9)8(3)4/h5-11H,1-4H3. The topological polar surface area (TPSA) is 12.0 Å². The molecule has 0 fully saturated rings. The first-order valence-corrected chi connectivity index (χ1v) is 4.55. The molecule has 0 aliphatic carbocycles. The normalized spacial score (nSPS) is 30.7. The highest BCUT2D eigenvalue weighted by atomic mass is 15.0. The van der Waals surface area contributed by atoms with Crippen molar-refractivity contribution in [2.45, 2.75) is 39.8 Å². The van der Waals surface area contributed by atoms with E-state index in [4.69, 9.17) is 0 Å². The van der Waals surface area contributed by atoms with Crippen LogP contribution in [0.3, 0.4) is 0 Å². The van der Waals surface area contributed by atoms with Gasteiger partial charge < -0.3 is 5.32 Å². The summed E-state index contributed by atoms with van der Waals surface area (Å²) in [7, 11) is 0. The molecular formula is C10H19N. The SMILES string of the molecule is CC(C)C1C=CC(C(C)C)N1. The Kier molecular flexibility index (Phi) is 2.72. The zero-order valence-electron chi connectivity index (χ0n) is 7.96. The predicted molar refractivity (Wildman–Crippen MR) is 49.5 cm³/mol. The van der Waals surface area contributed by atoms with Gasteiger partial charge in [0.25, 0.3) is 0 Å². The lowest BCUT2D eigenvalue weighted by Crippen LogP contribution is -2.36. The lowest BCUT2D eigenvalue weighted by molar-refractivity contribution is 0.407. The van der Waals surface area contributed by atoms with Gasteiger partial charge in [0.15, 0.2) is 0 Å². The second kappa shape index (κ2) is 3.40. The molecule has 1 heterocycles. The zero-order valence-corrected chi connectivity index (χ0v) is 7.96. The molecule has 1 aliphatic heterocycles. The number of rotatable bonds is 2. The Morgan fingerprint density at radius 2 is 1.27 bits per heavy atom. The first kappa shape index (κ1) is 8.79. The Morgan fingerprint density at radius 3 is 1.45 bits per heavy atom. The zero-order chi connectivity index (χ0) is 8.43. The van der Waals surface area contributed by atoms with E-state index in [0.717, 1.165) is 11.8 Å². The second-order valence-electron chi connectivity index (χ2n) is 4.09. The van der Waals surface area contributed by atoms with Crippen molar-refractivity contribution in [2.75, 3.05) is 0 Å². The average Bonchev–Trinajstić information content (AvgIpc) is 2.33. The summed E-state index contributed by atoms with van der Waals surface area (Å²) >= 11 is 0. The van der Waals surface area contributed by atoms with Crippen LogP contribution >= 0.6 is 0 Å². The fraction of sp³-hybridized carbons (Fsp3) is 0.800. The molecule has 0 saturated carbocycles. The number of nitrogens with one attached hydrogen (secondary N) is 1. The maximum Gasteiger partial charge on any atom is 0.0279 e. The summed E-state index contributed by atoms with van der Waals surface area (Å²) in [5.41, 5.74) is 0. The van der Waals surface area contributed by atoms with Crippen LogP contribution in [-0.2, 0) is 0 Å². The molecule has 0 aromatic heterocycles. The van der Waals surface area contributed by atoms with Crippen LogP contribution in [0.1, 0.15) is 27.7 Å². The highest BCUT2D eigenvalue weighted by molar-refractivity contribution is 5.10. The molecule has 64 valence electrons. The fourth-order valence-electron chi connectivity index (χ4n) is 1.40. The maximum absolute atomic E-state index is 3.58. The smallest absolute Gasteiger partial charge is 0.0279 e. The largest absolute Gasteiger partial charge is 0.304 e. The van der Waals surface area contributed by atoms with Crippen LogP contribution < -0.4 is 5.32 Å². The van der Waals surface area contributed by atoms with E-state index < -0.39 is 0 Å². The fourth-order valence-corrected chi connectivity index (χ4v) is 1.40. The van der Waals surface area contributed by atoms with E-state index in [1.807, 2.05) is 0 Å². The van der Waals surface area contributed by atoms with Gasteiger partial charge in [0.1, 0.15) is 0 Å². The first-order chi connectivity index (χ1) is 5.11. The van der Waals surface area contributed by atoms with Crippen LogP contribution in [0, 0.1) is 11.8 Å². The minimum Gasteiger partial charge on any atom is -0.304 e. The molecule has 0 bridgehead atoms. The van der Waals surface area contributed by atoms with Gasteiger partial charge in [-0.1, -0.05) is 39.8 Å². The Bertz CT molecular complexity index is 131. The Hall–Kier alpha value is -0.300. The summed E-state index contributed by atoms with van der Waals surface area (Å²) in [5.74, 6) is 1.44. The summed E-state index contributed by atoms with van der Waals surface area (Å²) in [6.07, 6.45) is 4.60. The van der Waals surface area contributed by atoms with E-state index in [9.17, 15) is 0 Å². The van der Waals surface area contributed by atoms with Crippen molar-refractivity contribution in [1.82, 2.24) is 5.32 Å². The highest BCUT2D eigenvalue weighted by Gasteiger charge is 2.21. The van der Waals surface area contributed by atoms with Gasteiger partial charge in [0.05, 0.1) is 0 Å². The van der Waals surface area contributed by atoms with Crippen LogP contribution in [0.15, 0.2) is 12.2 Å². The molecule has 1 heteroatoms. The quantitative estimate of drug-likeness (QED) is 0.600. The van der Waals surface area contributed by atoms with Crippen LogP contribution in [0.25, 0.3) is 0 Å². The molecule has 0 spiro atoms. The van der Waals surface area contributed by atoms with Crippen molar-refractivity contribution in [1.29, 1.82) is 0 Å². The third-order valence-corrected chi connectivity index (χ3v) is 2.35. The van der Waals surface area contributed by atoms with Gasteiger partial charge in [-0.2, -0.15) is 0 Å². The lowest BCUT2D eigenvalue weighted by atomic mass is 10.1. The summed E-state index contributed by atoms with van der Waals surface area (Å²) < 4.78 is 0. The summed E-state index contributed by atoms with van der Waals surface area (Å²) in [6.45, 7) is 9.02. The molecule has 2 atom stereocenters. The van der Waals surface area contributed by atoms with Crippen molar-refractivity contribution in [3.63, 3.8) is 0 Å². The van der Waals surface area contributed by atoms with Crippen LogP contribution in [0.5, 0.6) is 0 Å². The molecule has 11 heavy (non-hydrogen) atoms. The van der Waals surface area contributed by atoms with E-state index in [0.29, 0.717) is 12.1 Å². The average molecular weight is 153 g/mol. The van der Waals surface area contributed by atoms with Gasteiger partial charge >= 0.3 is 0 Å². The third-order valence-electron chi connectivity index (χ3n) is 2.35. The van der Waals surface area contributed by atoms with Crippen molar-refractivity contribution in [3.05, 3.63) is 12.2 Å².